The zero-order chi connectivity index (χ0) is 22.4. The van der Waals surface area contributed by atoms with Crippen LogP contribution in [0.1, 0.15) is 48.3 Å². The van der Waals surface area contributed by atoms with E-state index in [0.29, 0.717) is 30.0 Å². The average Bonchev–Trinajstić information content (AvgIpc) is 3.22. The summed E-state index contributed by atoms with van der Waals surface area (Å²) < 4.78 is 14.9. The number of carbonyl (C=O) groups excluding carboxylic acids is 2. The van der Waals surface area contributed by atoms with E-state index in [2.05, 4.69) is 10.4 Å². The number of aromatic nitrogens is 2. The second kappa shape index (κ2) is 10.0. The van der Waals surface area contributed by atoms with E-state index in [1.807, 2.05) is 51.1 Å². The molecular formula is C24H27FN4O2. The van der Waals surface area contributed by atoms with Gasteiger partial charge in [0.15, 0.2) is 0 Å². The first-order chi connectivity index (χ1) is 14.9. The Kier molecular flexibility index (Phi) is 7.18. The lowest BCUT2D eigenvalue weighted by Crippen LogP contribution is -2.40. The average molecular weight is 423 g/mol. The first-order valence-corrected chi connectivity index (χ1v) is 10.3. The maximum absolute atomic E-state index is 13.3. The summed E-state index contributed by atoms with van der Waals surface area (Å²) in [5, 5.41) is 7.06. The lowest BCUT2D eigenvalue weighted by atomic mass is 10.0. The first-order valence-electron chi connectivity index (χ1n) is 10.3. The van der Waals surface area contributed by atoms with E-state index in [4.69, 9.17) is 0 Å². The molecular weight excluding hydrogens is 395 g/mol. The maximum atomic E-state index is 13.3. The van der Waals surface area contributed by atoms with Crippen LogP contribution in [-0.2, 0) is 11.3 Å². The number of nitrogens with one attached hydrogen (secondary N) is 1. The summed E-state index contributed by atoms with van der Waals surface area (Å²) in [6, 6.07) is 15.7. The number of nitrogens with zero attached hydrogens (tertiary/aromatic N) is 3. The summed E-state index contributed by atoms with van der Waals surface area (Å²) in [6.45, 7) is 6.76. The second-order valence-corrected chi connectivity index (χ2v) is 7.56. The number of halogens is 1. The molecule has 0 unspecified atom stereocenters. The Bertz CT molecular complexity index is 1030. The van der Waals surface area contributed by atoms with Gasteiger partial charge in [-0.2, -0.15) is 5.10 Å². The molecule has 0 atom stereocenters. The van der Waals surface area contributed by atoms with Gasteiger partial charge in [-0.3, -0.25) is 9.59 Å². The van der Waals surface area contributed by atoms with Crippen LogP contribution in [0.3, 0.4) is 0 Å². The highest BCUT2D eigenvalue weighted by Gasteiger charge is 2.22. The van der Waals surface area contributed by atoms with E-state index in [0.717, 1.165) is 5.56 Å². The SMILES string of the molecule is CCN(Cc1ccccc1)C(=O)CNC(=O)c1cnn(-c2ccc(F)cc2)c1C(C)C. The predicted octanol–water partition coefficient (Wildman–Crippen LogP) is 3.91. The molecule has 0 radical (unpaired) electrons. The van der Waals surface area contributed by atoms with Crippen molar-refractivity contribution in [3.8, 4) is 5.69 Å². The molecule has 3 aromatic rings. The summed E-state index contributed by atoms with van der Waals surface area (Å²) in [5.41, 5.74) is 2.80. The molecule has 1 heterocycles. The van der Waals surface area contributed by atoms with Crippen LogP contribution in [0.15, 0.2) is 60.8 Å². The van der Waals surface area contributed by atoms with Crippen molar-refractivity contribution in [1.82, 2.24) is 20.0 Å². The van der Waals surface area contributed by atoms with E-state index < -0.39 is 0 Å². The molecule has 1 N–H and O–H groups in total. The number of benzene rings is 2. The van der Waals surface area contributed by atoms with Crippen molar-refractivity contribution in [2.24, 2.45) is 0 Å². The zero-order valence-electron chi connectivity index (χ0n) is 18.0. The molecule has 0 saturated heterocycles. The molecule has 31 heavy (non-hydrogen) atoms. The van der Waals surface area contributed by atoms with Gasteiger partial charge in [0.05, 0.1) is 29.7 Å². The largest absolute Gasteiger partial charge is 0.343 e. The number of carbonyl (C=O) groups is 2. The third kappa shape index (κ3) is 5.36. The predicted molar refractivity (Wildman–Crippen MR) is 117 cm³/mol. The van der Waals surface area contributed by atoms with Gasteiger partial charge < -0.3 is 10.2 Å². The lowest BCUT2D eigenvalue weighted by Gasteiger charge is -2.21. The first kappa shape index (κ1) is 22.2. The van der Waals surface area contributed by atoms with Gasteiger partial charge in [0, 0.05) is 13.1 Å². The van der Waals surface area contributed by atoms with Gasteiger partial charge in [0.2, 0.25) is 5.91 Å². The van der Waals surface area contributed by atoms with Crippen molar-refractivity contribution < 1.29 is 14.0 Å². The van der Waals surface area contributed by atoms with Crippen LogP contribution in [0.4, 0.5) is 4.39 Å². The number of amides is 2. The molecule has 0 aliphatic carbocycles. The fourth-order valence-electron chi connectivity index (χ4n) is 3.42. The smallest absolute Gasteiger partial charge is 0.255 e. The molecule has 2 amide bonds. The monoisotopic (exact) mass is 422 g/mol. The van der Waals surface area contributed by atoms with Gasteiger partial charge in [0.1, 0.15) is 5.82 Å². The Hall–Kier alpha value is -3.48. The highest BCUT2D eigenvalue weighted by molar-refractivity contribution is 5.97. The van der Waals surface area contributed by atoms with Crippen molar-refractivity contribution in [1.29, 1.82) is 0 Å². The van der Waals surface area contributed by atoms with E-state index >= 15 is 0 Å². The highest BCUT2D eigenvalue weighted by Crippen LogP contribution is 2.23. The zero-order valence-corrected chi connectivity index (χ0v) is 18.0. The Morgan fingerprint density at radius 2 is 1.77 bits per heavy atom. The standard InChI is InChI=1S/C24H27FN4O2/c1-4-28(16-18-8-6-5-7-9-18)22(30)15-26-24(31)21-14-27-29(23(21)17(2)3)20-12-10-19(25)11-13-20/h5-14,17H,4,15-16H2,1-3H3,(H,26,31). The minimum atomic E-state index is -0.360. The molecule has 162 valence electrons. The van der Waals surface area contributed by atoms with E-state index in [1.54, 1.807) is 21.7 Å². The van der Waals surface area contributed by atoms with Crippen LogP contribution in [0.5, 0.6) is 0 Å². The molecule has 7 heteroatoms. The van der Waals surface area contributed by atoms with Crippen LogP contribution in [0.25, 0.3) is 5.69 Å². The van der Waals surface area contributed by atoms with Crippen molar-refractivity contribution in [2.45, 2.75) is 33.2 Å². The molecule has 0 bridgehead atoms. The number of rotatable bonds is 8. The molecule has 0 aliphatic heterocycles. The third-order valence-corrected chi connectivity index (χ3v) is 5.02. The minimum absolute atomic E-state index is 0.00535. The Morgan fingerprint density at radius 3 is 2.39 bits per heavy atom. The quantitative estimate of drug-likeness (QED) is 0.598. The summed E-state index contributed by atoms with van der Waals surface area (Å²) in [6.07, 6.45) is 1.49. The number of hydrogen-bond donors (Lipinski definition) is 1. The highest BCUT2D eigenvalue weighted by atomic mass is 19.1. The maximum Gasteiger partial charge on any atom is 0.255 e. The minimum Gasteiger partial charge on any atom is -0.343 e. The van der Waals surface area contributed by atoms with Crippen molar-refractivity contribution in [2.75, 3.05) is 13.1 Å². The van der Waals surface area contributed by atoms with Gasteiger partial charge in [0.25, 0.3) is 5.91 Å². The molecule has 6 nitrogen and oxygen atoms in total. The van der Waals surface area contributed by atoms with Crippen LogP contribution in [0.2, 0.25) is 0 Å². The molecule has 3 rings (SSSR count). The second-order valence-electron chi connectivity index (χ2n) is 7.56. The Labute approximate surface area is 181 Å². The molecule has 0 spiro atoms. The van der Waals surface area contributed by atoms with Crippen LogP contribution in [-0.4, -0.2) is 39.6 Å². The summed E-state index contributed by atoms with van der Waals surface area (Å²) in [5.74, 6) is -0.860. The third-order valence-electron chi connectivity index (χ3n) is 5.02. The fraction of sp³-hybridized carbons (Fsp3) is 0.292. The van der Waals surface area contributed by atoms with Crippen LogP contribution < -0.4 is 5.32 Å². The van der Waals surface area contributed by atoms with E-state index in [9.17, 15) is 14.0 Å². The van der Waals surface area contributed by atoms with Crippen LogP contribution >= 0.6 is 0 Å². The molecule has 0 fully saturated rings. The molecule has 0 aliphatic rings. The van der Waals surface area contributed by atoms with E-state index in [1.165, 1.54) is 18.3 Å². The van der Waals surface area contributed by atoms with Gasteiger partial charge in [-0.15, -0.1) is 0 Å². The molecule has 0 saturated carbocycles. The Morgan fingerprint density at radius 1 is 1.10 bits per heavy atom. The van der Waals surface area contributed by atoms with Gasteiger partial charge in [-0.05, 0) is 42.7 Å². The normalized spacial score (nSPS) is 10.9. The Balaban J connectivity index is 1.71. The fourth-order valence-corrected chi connectivity index (χ4v) is 3.42. The topological polar surface area (TPSA) is 67.2 Å². The summed E-state index contributed by atoms with van der Waals surface area (Å²) in [4.78, 5) is 27.2. The van der Waals surface area contributed by atoms with Crippen molar-refractivity contribution in [3.05, 3.63) is 83.4 Å². The summed E-state index contributed by atoms with van der Waals surface area (Å²) in [7, 11) is 0. The lowest BCUT2D eigenvalue weighted by molar-refractivity contribution is -0.130. The number of hydrogen-bond acceptors (Lipinski definition) is 3. The number of likely N-dealkylation sites (N-methyl/N-ethyl adjacent to an activating group) is 1. The van der Waals surface area contributed by atoms with Crippen LogP contribution in [0, 0.1) is 5.82 Å². The van der Waals surface area contributed by atoms with Gasteiger partial charge >= 0.3 is 0 Å². The molecule has 2 aromatic carbocycles. The van der Waals surface area contributed by atoms with Crippen molar-refractivity contribution in [3.63, 3.8) is 0 Å². The molecule has 1 aromatic heterocycles. The summed E-state index contributed by atoms with van der Waals surface area (Å²) >= 11 is 0. The van der Waals surface area contributed by atoms with Gasteiger partial charge in [-0.1, -0.05) is 44.2 Å². The van der Waals surface area contributed by atoms with Crippen molar-refractivity contribution >= 4 is 11.8 Å². The van der Waals surface area contributed by atoms with E-state index in [-0.39, 0.29) is 30.1 Å². The van der Waals surface area contributed by atoms with Gasteiger partial charge in [-0.25, -0.2) is 9.07 Å².